The maximum Gasteiger partial charge on any atom is 0.433 e. The van der Waals surface area contributed by atoms with Crippen LogP contribution in [0.3, 0.4) is 0 Å². The normalized spacial score (nSPS) is 12.7. The lowest BCUT2D eigenvalue weighted by Gasteiger charge is -2.17. The van der Waals surface area contributed by atoms with Crippen LogP contribution in [0.15, 0.2) is 48.5 Å². The Balaban J connectivity index is 1.82. The summed E-state index contributed by atoms with van der Waals surface area (Å²) in [6.07, 6.45) is -3.70. The van der Waals surface area contributed by atoms with Crippen molar-refractivity contribution in [2.75, 3.05) is 12.9 Å². The largest absolute Gasteiger partial charge is 0.494 e. The van der Waals surface area contributed by atoms with Crippen LogP contribution in [0.5, 0.6) is 5.75 Å². The molecule has 1 aromatic heterocycles. The predicted molar refractivity (Wildman–Crippen MR) is 139 cm³/mol. The third-order valence-corrected chi connectivity index (χ3v) is 6.63. The standard InChI is InChI=1S/C27H29F4N3O4S/c1-5-38-23-10-8-19(12-16(23)2)25-21(9-11-24(34-25)27(29,30)31)14-32-26(35)17(3)18-6-7-20(22(28)13-18)15-33-39(4,36)37/h6-13,17,33H,5,14-15H2,1-4H3,(H,32,35). The Morgan fingerprint density at radius 2 is 1.74 bits per heavy atom. The molecule has 0 aliphatic rings. The Hall–Kier alpha value is -3.51. The molecule has 0 aliphatic heterocycles. The zero-order valence-corrected chi connectivity index (χ0v) is 22.6. The van der Waals surface area contributed by atoms with Gasteiger partial charge in [0.15, 0.2) is 0 Å². The van der Waals surface area contributed by atoms with E-state index in [0.717, 1.165) is 24.0 Å². The van der Waals surface area contributed by atoms with Gasteiger partial charge in [-0.2, -0.15) is 13.2 Å². The van der Waals surface area contributed by atoms with Gasteiger partial charge in [0.25, 0.3) is 0 Å². The number of carbonyl (C=O) groups excluding carboxylic acids is 1. The van der Waals surface area contributed by atoms with Crippen LogP contribution in [-0.2, 0) is 34.1 Å². The van der Waals surface area contributed by atoms with Gasteiger partial charge in [0, 0.05) is 24.2 Å². The van der Waals surface area contributed by atoms with Crippen molar-refractivity contribution in [3.05, 3.63) is 82.3 Å². The van der Waals surface area contributed by atoms with Crippen molar-refractivity contribution >= 4 is 15.9 Å². The number of amides is 1. The van der Waals surface area contributed by atoms with Crippen LogP contribution in [0.4, 0.5) is 17.6 Å². The molecule has 39 heavy (non-hydrogen) atoms. The first-order valence-corrected chi connectivity index (χ1v) is 13.9. The number of ether oxygens (including phenoxy) is 1. The third kappa shape index (κ3) is 7.99. The first kappa shape index (κ1) is 30.0. The number of pyridine rings is 1. The SMILES string of the molecule is CCOc1ccc(-c2nc(C(F)(F)F)ccc2CNC(=O)C(C)c2ccc(CNS(C)(=O)=O)c(F)c2)cc1C. The topological polar surface area (TPSA) is 97.4 Å². The Morgan fingerprint density at radius 1 is 1.05 bits per heavy atom. The average molecular weight is 568 g/mol. The van der Waals surface area contributed by atoms with E-state index in [0.29, 0.717) is 29.0 Å². The Labute approximate surface area is 224 Å². The molecule has 7 nitrogen and oxygen atoms in total. The van der Waals surface area contributed by atoms with E-state index in [1.165, 1.54) is 18.2 Å². The Bertz CT molecular complexity index is 1460. The number of halogens is 4. The maximum absolute atomic E-state index is 14.5. The third-order valence-electron chi connectivity index (χ3n) is 5.97. The molecule has 2 N–H and O–H groups in total. The van der Waals surface area contributed by atoms with Crippen LogP contribution in [0, 0.1) is 12.7 Å². The van der Waals surface area contributed by atoms with Gasteiger partial charge in [-0.3, -0.25) is 4.79 Å². The minimum absolute atomic E-state index is 0.0673. The molecule has 12 heteroatoms. The highest BCUT2D eigenvalue weighted by atomic mass is 32.2. The zero-order chi connectivity index (χ0) is 29.0. The minimum Gasteiger partial charge on any atom is -0.494 e. The van der Waals surface area contributed by atoms with Gasteiger partial charge in [0.1, 0.15) is 17.3 Å². The zero-order valence-electron chi connectivity index (χ0n) is 21.8. The van der Waals surface area contributed by atoms with E-state index in [1.54, 1.807) is 32.0 Å². The number of aromatic nitrogens is 1. The number of rotatable bonds is 10. The summed E-state index contributed by atoms with van der Waals surface area (Å²) in [5.74, 6) is -1.36. The smallest absolute Gasteiger partial charge is 0.433 e. The first-order valence-electron chi connectivity index (χ1n) is 12.0. The molecule has 210 valence electrons. The number of alkyl halides is 3. The molecule has 3 rings (SSSR count). The second-order valence-electron chi connectivity index (χ2n) is 9.00. The van der Waals surface area contributed by atoms with Gasteiger partial charge in [-0.15, -0.1) is 0 Å². The van der Waals surface area contributed by atoms with Gasteiger partial charge in [-0.05, 0) is 67.8 Å². The lowest BCUT2D eigenvalue weighted by molar-refractivity contribution is -0.141. The van der Waals surface area contributed by atoms with E-state index < -0.39 is 39.5 Å². The number of benzene rings is 2. The molecule has 1 unspecified atom stereocenters. The average Bonchev–Trinajstić information content (AvgIpc) is 2.86. The van der Waals surface area contributed by atoms with Gasteiger partial charge >= 0.3 is 6.18 Å². The number of sulfonamides is 1. The van der Waals surface area contributed by atoms with Crippen molar-refractivity contribution in [1.82, 2.24) is 15.0 Å². The number of nitrogens with one attached hydrogen (secondary N) is 2. The van der Waals surface area contributed by atoms with Gasteiger partial charge in [-0.25, -0.2) is 22.5 Å². The monoisotopic (exact) mass is 567 g/mol. The highest BCUT2D eigenvalue weighted by Gasteiger charge is 2.33. The van der Waals surface area contributed by atoms with Gasteiger partial charge < -0.3 is 10.1 Å². The van der Waals surface area contributed by atoms with Crippen LogP contribution in [0.25, 0.3) is 11.3 Å². The molecule has 0 bridgehead atoms. The van der Waals surface area contributed by atoms with E-state index in [1.807, 2.05) is 6.92 Å². The van der Waals surface area contributed by atoms with Gasteiger partial charge in [-0.1, -0.05) is 18.2 Å². The van der Waals surface area contributed by atoms with E-state index in [-0.39, 0.29) is 24.3 Å². The summed E-state index contributed by atoms with van der Waals surface area (Å²) < 4.78 is 85.0. The molecule has 0 fully saturated rings. The number of aryl methyl sites for hydroxylation is 1. The fourth-order valence-electron chi connectivity index (χ4n) is 3.82. The molecule has 0 saturated heterocycles. The molecule has 1 heterocycles. The lowest BCUT2D eigenvalue weighted by atomic mass is 9.98. The number of hydrogen-bond acceptors (Lipinski definition) is 5. The molecule has 0 saturated carbocycles. The molecule has 0 radical (unpaired) electrons. The quantitative estimate of drug-likeness (QED) is 0.333. The number of nitrogens with zero attached hydrogens (tertiary/aromatic N) is 1. The predicted octanol–water partition coefficient (Wildman–Crippen LogP) is 5.08. The Kier molecular flexibility index (Phi) is 9.34. The van der Waals surface area contributed by atoms with Crippen LogP contribution in [0.2, 0.25) is 0 Å². The Morgan fingerprint density at radius 3 is 2.33 bits per heavy atom. The van der Waals surface area contributed by atoms with Gasteiger partial charge in [0.2, 0.25) is 15.9 Å². The summed E-state index contributed by atoms with van der Waals surface area (Å²) in [5.41, 5.74) is 0.976. The summed E-state index contributed by atoms with van der Waals surface area (Å²) in [7, 11) is -3.51. The number of hydrogen-bond donors (Lipinski definition) is 2. The van der Waals surface area contributed by atoms with E-state index in [4.69, 9.17) is 4.74 Å². The fourth-order valence-corrected chi connectivity index (χ4v) is 4.24. The second-order valence-corrected chi connectivity index (χ2v) is 10.8. The summed E-state index contributed by atoms with van der Waals surface area (Å²) in [6.45, 7) is 5.23. The van der Waals surface area contributed by atoms with Crippen molar-refractivity contribution in [3.63, 3.8) is 0 Å². The lowest BCUT2D eigenvalue weighted by Crippen LogP contribution is -2.28. The molecule has 0 aliphatic carbocycles. The van der Waals surface area contributed by atoms with E-state index >= 15 is 0 Å². The fraction of sp³-hybridized carbons (Fsp3) is 0.333. The van der Waals surface area contributed by atoms with Crippen LogP contribution in [0.1, 0.15) is 47.7 Å². The van der Waals surface area contributed by atoms with Crippen molar-refractivity contribution < 1.29 is 35.5 Å². The summed E-state index contributed by atoms with van der Waals surface area (Å²) in [5, 5.41) is 2.69. The van der Waals surface area contributed by atoms with Crippen LogP contribution < -0.4 is 14.8 Å². The van der Waals surface area contributed by atoms with Crippen molar-refractivity contribution in [1.29, 1.82) is 0 Å². The molecular formula is C27H29F4N3O4S. The molecule has 0 spiro atoms. The molecule has 1 atom stereocenters. The first-order chi connectivity index (χ1) is 18.2. The van der Waals surface area contributed by atoms with Crippen molar-refractivity contribution in [2.24, 2.45) is 0 Å². The second kappa shape index (κ2) is 12.1. The highest BCUT2D eigenvalue weighted by molar-refractivity contribution is 7.88. The summed E-state index contributed by atoms with van der Waals surface area (Å²) >= 11 is 0. The van der Waals surface area contributed by atoms with Crippen LogP contribution in [-0.4, -0.2) is 32.2 Å². The van der Waals surface area contributed by atoms with Crippen molar-refractivity contribution in [3.8, 4) is 17.0 Å². The maximum atomic E-state index is 14.5. The highest BCUT2D eigenvalue weighted by Crippen LogP contribution is 2.33. The van der Waals surface area contributed by atoms with Crippen LogP contribution >= 0.6 is 0 Å². The molecule has 2 aromatic carbocycles. The van der Waals surface area contributed by atoms with E-state index in [2.05, 4.69) is 15.0 Å². The van der Waals surface area contributed by atoms with E-state index in [9.17, 15) is 30.8 Å². The number of carbonyl (C=O) groups is 1. The van der Waals surface area contributed by atoms with Crippen molar-refractivity contribution in [2.45, 2.75) is 46.0 Å². The van der Waals surface area contributed by atoms with Gasteiger partial charge in [0.05, 0.1) is 24.5 Å². The molecule has 3 aromatic rings. The molecular weight excluding hydrogens is 538 g/mol. The summed E-state index contributed by atoms with van der Waals surface area (Å²) in [6, 6.07) is 11.1. The summed E-state index contributed by atoms with van der Waals surface area (Å²) in [4.78, 5) is 16.7. The minimum atomic E-state index is -4.65. The molecule has 1 amide bonds.